The van der Waals surface area contributed by atoms with E-state index in [1.807, 2.05) is 4.68 Å². The van der Waals surface area contributed by atoms with Gasteiger partial charge < -0.3 is 5.73 Å². The molecule has 3 nitrogen and oxygen atoms in total. The third kappa shape index (κ3) is 1.50. The van der Waals surface area contributed by atoms with Crippen molar-refractivity contribution < 1.29 is 0 Å². The Morgan fingerprint density at radius 3 is 2.50 bits per heavy atom. The summed E-state index contributed by atoms with van der Waals surface area (Å²) in [5.74, 6) is 0. The zero-order valence-corrected chi connectivity index (χ0v) is 8.09. The van der Waals surface area contributed by atoms with Crippen LogP contribution in [-0.4, -0.2) is 16.3 Å². The lowest BCUT2D eigenvalue weighted by Gasteiger charge is -2.01. The quantitative estimate of drug-likeness (QED) is 0.730. The molecule has 0 aliphatic carbocycles. The van der Waals surface area contributed by atoms with Gasteiger partial charge in [-0.15, -0.1) is 0 Å². The van der Waals surface area contributed by atoms with Gasteiger partial charge in [-0.1, -0.05) is 6.92 Å². The van der Waals surface area contributed by atoms with Gasteiger partial charge in [0.15, 0.2) is 0 Å². The Bertz CT molecular complexity index is 263. The Morgan fingerprint density at radius 2 is 2.08 bits per heavy atom. The molecule has 0 aromatic carbocycles. The Kier molecular flexibility index (Phi) is 2.87. The first-order valence-corrected chi connectivity index (χ1v) is 4.43. The van der Waals surface area contributed by atoms with Gasteiger partial charge in [0.1, 0.15) is 0 Å². The number of nitrogens with zero attached hydrogens (tertiary/aromatic N) is 2. The van der Waals surface area contributed by atoms with Crippen LogP contribution in [0.1, 0.15) is 23.9 Å². The van der Waals surface area contributed by atoms with E-state index in [-0.39, 0.29) is 0 Å². The Hall–Kier alpha value is -0.830. The Morgan fingerprint density at radius 1 is 1.42 bits per heavy atom. The summed E-state index contributed by atoms with van der Waals surface area (Å²) in [6.07, 6.45) is 1.06. The van der Waals surface area contributed by atoms with Crippen molar-refractivity contribution in [2.24, 2.45) is 5.73 Å². The highest BCUT2D eigenvalue weighted by Gasteiger charge is 2.07. The number of hydrogen-bond donors (Lipinski definition) is 1. The first-order valence-electron chi connectivity index (χ1n) is 4.43. The van der Waals surface area contributed by atoms with Crippen LogP contribution in [0.3, 0.4) is 0 Å². The van der Waals surface area contributed by atoms with Gasteiger partial charge in [0.05, 0.1) is 12.2 Å². The lowest BCUT2D eigenvalue weighted by Crippen LogP contribution is -2.12. The molecule has 1 aromatic heterocycles. The molecule has 0 spiro atoms. The van der Waals surface area contributed by atoms with Crippen LogP contribution in [0.25, 0.3) is 0 Å². The average molecular weight is 167 g/mol. The maximum absolute atomic E-state index is 5.47. The molecule has 0 atom stereocenters. The van der Waals surface area contributed by atoms with E-state index < -0.39 is 0 Å². The molecule has 0 saturated carbocycles. The Balaban J connectivity index is 3.00. The number of hydrogen-bond acceptors (Lipinski definition) is 2. The summed E-state index contributed by atoms with van der Waals surface area (Å²) >= 11 is 0. The zero-order valence-electron chi connectivity index (χ0n) is 8.09. The average Bonchev–Trinajstić information content (AvgIpc) is 2.29. The monoisotopic (exact) mass is 167 g/mol. The van der Waals surface area contributed by atoms with E-state index in [0.29, 0.717) is 6.54 Å². The van der Waals surface area contributed by atoms with E-state index in [1.165, 1.54) is 11.3 Å². The molecular formula is C9H17N3. The van der Waals surface area contributed by atoms with Gasteiger partial charge in [-0.05, 0) is 25.8 Å². The molecule has 3 heteroatoms. The van der Waals surface area contributed by atoms with Crippen LogP contribution in [0, 0.1) is 13.8 Å². The third-order valence-electron chi connectivity index (χ3n) is 2.23. The van der Waals surface area contributed by atoms with Crippen LogP contribution in [-0.2, 0) is 13.0 Å². The number of nitrogens with two attached hydrogens (primary N) is 1. The summed E-state index contributed by atoms with van der Waals surface area (Å²) < 4.78 is 1.99. The molecule has 0 unspecified atom stereocenters. The first-order chi connectivity index (χ1) is 5.70. The third-order valence-corrected chi connectivity index (χ3v) is 2.23. The lowest BCUT2D eigenvalue weighted by atomic mass is 10.1. The second kappa shape index (κ2) is 3.72. The van der Waals surface area contributed by atoms with Gasteiger partial charge in [-0.2, -0.15) is 5.10 Å². The van der Waals surface area contributed by atoms with Crippen LogP contribution < -0.4 is 5.73 Å². The highest BCUT2D eigenvalue weighted by Crippen LogP contribution is 2.12. The fraction of sp³-hybridized carbons (Fsp3) is 0.667. The number of rotatable bonds is 3. The van der Waals surface area contributed by atoms with Gasteiger partial charge >= 0.3 is 0 Å². The molecule has 0 radical (unpaired) electrons. The smallest absolute Gasteiger partial charge is 0.0628 e. The molecule has 68 valence electrons. The molecular weight excluding hydrogens is 150 g/mol. The van der Waals surface area contributed by atoms with E-state index in [4.69, 9.17) is 5.73 Å². The van der Waals surface area contributed by atoms with E-state index in [2.05, 4.69) is 25.9 Å². The second-order valence-corrected chi connectivity index (χ2v) is 3.01. The molecule has 0 saturated heterocycles. The van der Waals surface area contributed by atoms with Gasteiger partial charge in [0.2, 0.25) is 0 Å². The summed E-state index contributed by atoms with van der Waals surface area (Å²) in [6, 6.07) is 0. The van der Waals surface area contributed by atoms with E-state index in [1.54, 1.807) is 0 Å². The Labute approximate surface area is 73.6 Å². The molecule has 0 aliphatic heterocycles. The van der Waals surface area contributed by atoms with Gasteiger partial charge in [0.25, 0.3) is 0 Å². The molecule has 0 fully saturated rings. The van der Waals surface area contributed by atoms with Crippen molar-refractivity contribution in [3.05, 3.63) is 17.0 Å². The first kappa shape index (κ1) is 9.26. The van der Waals surface area contributed by atoms with Crippen LogP contribution >= 0.6 is 0 Å². The second-order valence-electron chi connectivity index (χ2n) is 3.01. The topological polar surface area (TPSA) is 43.8 Å². The predicted molar refractivity (Wildman–Crippen MR) is 50.1 cm³/mol. The lowest BCUT2D eigenvalue weighted by molar-refractivity contribution is 0.603. The largest absolute Gasteiger partial charge is 0.329 e. The summed E-state index contributed by atoms with van der Waals surface area (Å²) in [7, 11) is 0. The molecule has 1 aromatic rings. The van der Waals surface area contributed by atoms with E-state index in [9.17, 15) is 0 Å². The minimum atomic E-state index is 0.658. The summed E-state index contributed by atoms with van der Waals surface area (Å²) in [6.45, 7) is 7.80. The highest BCUT2D eigenvalue weighted by molar-refractivity contribution is 5.24. The number of aromatic nitrogens is 2. The normalized spacial score (nSPS) is 10.7. The van der Waals surface area contributed by atoms with Crippen LogP contribution in [0.15, 0.2) is 0 Å². The van der Waals surface area contributed by atoms with Crippen LogP contribution in [0.5, 0.6) is 0 Å². The minimum absolute atomic E-state index is 0.658. The highest BCUT2D eigenvalue weighted by atomic mass is 15.3. The fourth-order valence-electron chi connectivity index (χ4n) is 1.59. The van der Waals surface area contributed by atoms with Crippen molar-refractivity contribution >= 4 is 0 Å². The maximum atomic E-state index is 5.47. The van der Waals surface area contributed by atoms with Crippen molar-refractivity contribution in [1.29, 1.82) is 0 Å². The van der Waals surface area contributed by atoms with Gasteiger partial charge in [-0.25, -0.2) is 0 Å². The van der Waals surface area contributed by atoms with Crippen molar-refractivity contribution in [2.45, 2.75) is 33.7 Å². The molecule has 0 amide bonds. The zero-order chi connectivity index (χ0) is 9.14. The van der Waals surface area contributed by atoms with Crippen molar-refractivity contribution in [3.63, 3.8) is 0 Å². The maximum Gasteiger partial charge on any atom is 0.0628 e. The van der Waals surface area contributed by atoms with Crippen molar-refractivity contribution in [3.8, 4) is 0 Å². The molecule has 1 rings (SSSR count). The van der Waals surface area contributed by atoms with Crippen LogP contribution in [0.2, 0.25) is 0 Å². The minimum Gasteiger partial charge on any atom is -0.329 e. The van der Waals surface area contributed by atoms with Crippen LogP contribution in [0.4, 0.5) is 0 Å². The van der Waals surface area contributed by atoms with Crippen molar-refractivity contribution in [1.82, 2.24) is 9.78 Å². The van der Waals surface area contributed by atoms with Gasteiger partial charge in [0, 0.05) is 12.2 Å². The van der Waals surface area contributed by atoms with Crippen molar-refractivity contribution in [2.75, 3.05) is 6.54 Å². The summed E-state index contributed by atoms with van der Waals surface area (Å²) in [4.78, 5) is 0. The fourth-order valence-corrected chi connectivity index (χ4v) is 1.59. The molecule has 2 N–H and O–H groups in total. The number of aryl methyl sites for hydroxylation is 1. The predicted octanol–water partition coefficient (Wildman–Crippen LogP) is 1.02. The van der Waals surface area contributed by atoms with Gasteiger partial charge in [-0.3, -0.25) is 4.68 Å². The van der Waals surface area contributed by atoms with E-state index >= 15 is 0 Å². The SMILES string of the molecule is CCc1c(C)nn(CCN)c1C. The molecule has 0 aliphatic rings. The molecule has 0 bridgehead atoms. The standard InChI is InChI=1S/C9H17N3/c1-4-9-7(2)11-12(6-5-10)8(9)3/h4-6,10H2,1-3H3. The molecule has 12 heavy (non-hydrogen) atoms. The molecule has 1 heterocycles. The van der Waals surface area contributed by atoms with E-state index in [0.717, 1.165) is 18.7 Å². The summed E-state index contributed by atoms with van der Waals surface area (Å²) in [5, 5.41) is 4.41. The summed E-state index contributed by atoms with van der Waals surface area (Å²) in [5.41, 5.74) is 9.24.